The maximum absolute atomic E-state index is 12.4. The molecule has 0 aliphatic rings. The number of halogens is 7. The maximum Gasteiger partial charge on any atom is 1.00 e. The van der Waals surface area contributed by atoms with Crippen LogP contribution < -0.4 is 34.3 Å². The molecule has 1 aromatic heterocycles. The molecular formula is C9H7ClF6NNaO2S2. The number of hydrogen-bond donors (Lipinski definition) is 1. The van der Waals surface area contributed by atoms with Crippen LogP contribution in [0.3, 0.4) is 0 Å². The Hall–Kier alpha value is 0.480. The van der Waals surface area contributed by atoms with Crippen LogP contribution >= 0.6 is 22.9 Å². The molecule has 0 spiro atoms. The second-order valence-electron chi connectivity index (χ2n) is 3.85. The molecule has 0 fully saturated rings. The molecule has 1 aromatic rings. The van der Waals surface area contributed by atoms with Crippen LogP contribution in [0, 0.1) is 12.8 Å². The Morgan fingerprint density at radius 2 is 1.59 bits per heavy atom. The first kappa shape index (κ1) is 22.5. The first-order chi connectivity index (χ1) is 9.25. The molecule has 122 valence electrons. The molecule has 1 heterocycles. The fourth-order valence-corrected chi connectivity index (χ4v) is 4.07. The van der Waals surface area contributed by atoms with Gasteiger partial charge in [-0.1, -0.05) is 17.6 Å². The van der Waals surface area contributed by atoms with Gasteiger partial charge in [0.25, 0.3) is 0 Å². The third-order valence-electron chi connectivity index (χ3n) is 2.23. The van der Waals surface area contributed by atoms with Crippen molar-refractivity contribution >= 4 is 33.0 Å². The van der Waals surface area contributed by atoms with E-state index in [1.165, 1.54) is 4.72 Å². The van der Waals surface area contributed by atoms with Gasteiger partial charge in [-0.3, -0.25) is 0 Å². The van der Waals surface area contributed by atoms with E-state index < -0.39 is 38.5 Å². The minimum Gasteiger partial charge on any atom is -0.325 e. The Morgan fingerprint density at radius 1 is 1.14 bits per heavy atom. The zero-order valence-corrected chi connectivity index (χ0v) is 15.2. The third-order valence-corrected chi connectivity index (χ3v) is 5.44. The fourth-order valence-electron chi connectivity index (χ4n) is 1.41. The zero-order chi connectivity index (χ0) is 16.6. The summed E-state index contributed by atoms with van der Waals surface area (Å²) in [5.41, 5.74) is 0. The standard InChI is InChI=1S/C9H7ClF6NO2S2.Na/c1-4(7(8(11,12)13)9(14,15)16)17-21(18,19)6-3-2-5(10)20-6;/h2-4,7,17H,1H2;/q-1;+1/t4-;/m1./s1. The van der Waals surface area contributed by atoms with Crippen LogP contribution in [0.25, 0.3) is 0 Å². The van der Waals surface area contributed by atoms with Crippen LogP contribution in [-0.2, 0) is 10.0 Å². The molecule has 0 bridgehead atoms. The first-order valence-corrected chi connectivity index (χ1v) is 7.67. The monoisotopic (exact) mass is 397 g/mol. The third kappa shape index (κ3) is 5.84. The van der Waals surface area contributed by atoms with Gasteiger partial charge < -0.3 is 6.92 Å². The van der Waals surface area contributed by atoms with Gasteiger partial charge in [0.1, 0.15) is 10.1 Å². The maximum atomic E-state index is 12.4. The molecular weight excluding hydrogens is 391 g/mol. The Balaban J connectivity index is 0.00000441. The Bertz CT molecular complexity index is 586. The second-order valence-corrected chi connectivity index (χ2v) is 7.50. The smallest absolute Gasteiger partial charge is 0.325 e. The van der Waals surface area contributed by atoms with Crippen molar-refractivity contribution in [2.24, 2.45) is 5.92 Å². The van der Waals surface area contributed by atoms with Crippen molar-refractivity contribution in [3.63, 3.8) is 0 Å². The Kier molecular flexibility index (Phi) is 7.74. The average Bonchev–Trinajstić information content (AvgIpc) is 2.59. The molecule has 0 aliphatic carbocycles. The summed E-state index contributed by atoms with van der Waals surface area (Å²) in [5.74, 6) is -3.92. The summed E-state index contributed by atoms with van der Waals surface area (Å²) in [6.07, 6.45) is -11.4. The van der Waals surface area contributed by atoms with Crippen molar-refractivity contribution in [3.05, 3.63) is 23.4 Å². The minimum absolute atomic E-state index is 0. The van der Waals surface area contributed by atoms with Gasteiger partial charge in [-0.15, -0.1) is 11.3 Å². The van der Waals surface area contributed by atoms with Crippen LogP contribution in [0.2, 0.25) is 4.34 Å². The van der Waals surface area contributed by atoms with Crippen molar-refractivity contribution in [2.75, 3.05) is 0 Å². The molecule has 1 atom stereocenters. The van der Waals surface area contributed by atoms with Gasteiger partial charge in [0.2, 0.25) is 10.0 Å². The summed E-state index contributed by atoms with van der Waals surface area (Å²) >= 11 is 5.95. The van der Waals surface area contributed by atoms with E-state index in [0.717, 1.165) is 12.1 Å². The summed E-state index contributed by atoms with van der Waals surface area (Å²) in [6.45, 7) is 2.63. The van der Waals surface area contributed by atoms with Gasteiger partial charge in [-0.05, 0) is 12.1 Å². The van der Waals surface area contributed by atoms with Crippen LogP contribution in [0.1, 0.15) is 0 Å². The summed E-state index contributed by atoms with van der Waals surface area (Å²) in [4.78, 5) is 0. The number of thiophene rings is 1. The van der Waals surface area contributed by atoms with Crippen LogP contribution in [-0.4, -0.2) is 26.8 Å². The summed E-state index contributed by atoms with van der Waals surface area (Å²) in [6, 6.07) is -0.571. The molecule has 0 radical (unpaired) electrons. The SMILES string of the molecule is [CH2-][C@@H](NS(=O)(=O)c1ccc(Cl)s1)C(C(F)(F)F)C(F)(F)F.[Na+]. The molecule has 0 unspecified atom stereocenters. The quantitative estimate of drug-likeness (QED) is 0.460. The van der Waals surface area contributed by atoms with Gasteiger partial charge >= 0.3 is 41.9 Å². The van der Waals surface area contributed by atoms with E-state index in [9.17, 15) is 34.8 Å². The number of nitrogens with one attached hydrogen (secondary N) is 1. The van der Waals surface area contributed by atoms with Gasteiger partial charge in [0, 0.05) is 0 Å². The predicted molar refractivity (Wildman–Crippen MR) is 64.4 cm³/mol. The van der Waals surface area contributed by atoms with Crippen LogP contribution in [0.4, 0.5) is 26.3 Å². The van der Waals surface area contributed by atoms with Crippen LogP contribution in [0.15, 0.2) is 16.3 Å². The number of rotatable bonds is 4. The first-order valence-electron chi connectivity index (χ1n) is 4.99. The summed E-state index contributed by atoms with van der Waals surface area (Å²) in [7, 11) is -4.58. The Labute approximate surface area is 153 Å². The minimum atomic E-state index is -5.69. The van der Waals surface area contributed by atoms with E-state index in [1.54, 1.807) is 0 Å². The molecule has 1 N–H and O–H groups in total. The van der Waals surface area contributed by atoms with Crippen molar-refractivity contribution < 1.29 is 64.3 Å². The molecule has 0 saturated carbocycles. The predicted octanol–water partition coefficient (Wildman–Crippen LogP) is 0.627. The second kappa shape index (κ2) is 7.58. The number of sulfonamides is 1. The fraction of sp³-hybridized carbons (Fsp3) is 0.444. The van der Waals surface area contributed by atoms with Gasteiger partial charge in [0.15, 0.2) is 0 Å². The van der Waals surface area contributed by atoms with E-state index in [4.69, 9.17) is 11.6 Å². The summed E-state index contributed by atoms with van der Waals surface area (Å²) in [5, 5.41) is 0. The molecule has 0 aliphatic heterocycles. The van der Waals surface area contributed by atoms with Gasteiger partial charge in [-0.25, -0.2) is 13.1 Å². The normalized spacial score (nSPS) is 14.8. The van der Waals surface area contributed by atoms with E-state index in [-0.39, 0.29) is 33.9 Å². The molecule has 13 heteroatoms. The summed E-state index contributed by atoms with van der Waals surface area (Å²) < 4.78 is 98.7. The number of hydrogen-bond acceptors (Lipinski definition) is 3. The largest absolute Gasteiger partial charge is 1.00 e. The topological polar surface area (TPSA) is 46.2 Å². The van der Waals surface area contributed by atoms with Crippen molar-refractivity contribution in [1.29, 1.82) is 0 Å². The van der Waals surface area contributed by atoms with Gasteiger partial charge in [-0.2, -0.15) is 26.3 Å². The molecule has 0 amide bonds. The average molecular weight is 398 g/mol. The van der Waals surface area contributed by atoms with E-state index >= 15 is 0 Å². The molecule has 22 heavy (non-hydrogen) atoms. The molecule has 0 saturated heterocycles. The van der Waals surface area contributed by atoms with Gasteiger partial charge in [0.05, 0.1) is 4.34 Å². The Morgan fingerprint density at radius 3 is 1.91 bits per heavy atom. The van der Waals surface area contributed by atoms with Crippen molar-refractivity contribution in [1.82, 2.24) is 4.72 Å². The molecule has 3 nitrogen and oxygen atoms in total. The van der Waals surface area contributed by atoms with E-state index in [0.29, 0.717) is 11.3 Å². The van der Waals surface area contributed by atoms with Crippen LogP contribution in [0.5, 0.6) is 0 Å². The zero-order valence-electron chi connectivity index (χ0n) is 10.8. The molecule has 1 rings (SSSR count). The number of alkyl halides is 6. The van der Waals surface area contributed by atoms with Crippen molar-refractivity contribution in [2.45, 2.75) is 22.6 Å². The van der Waals surface area contributed by atoms with E-state index in [2.05, 4.69) is 6.92 Å². The van der Waals surface area contributed by atoms with Crippen molar-refractivity contribution in [3.8, 4) is 0 Å². The molecule has 0 aromatic carbocycles. The van der Waals surface area contributed by atoms with E-state index in [1.807, 2.05) is 0 Å².